The quantitative estimate of drug-likeness (QED) is 0.669. The molecule has 72 valence electrons. The molecule has 0 N–H and O–H groups in total. The Morgan fingerprint density at radius 2 is 2.36 bits per heavy atom. The molecule has 0 aliphatic rings. The lowest BCUT2D eigenvalue weighted by molar-refractivity contribution is 0.110. The summed E-state index contributed by atoms with van der Waals surface area (Å²) in [5, 5.41) is 4.11. The third kappa shape index (κ3) is 1.32. The first kappa shape index (κ1) is 8.68. The van der Waals surface area contributed by atoms with Crippen LogP contribution >= 0.6 is 0 Å². The molecule has 0 bridgehead atoms. The van der Waals surface area contributed by atoms with Crippen LogP contribution in [0.5, 0.6) is 0 Å². The Morgan fingerprint density at radius 1 is 1.57 bits per heavy atom. The van der Waals surface area contributed by atoms with E-state index in [1.54, 1.807) is 30.9 Å². The van der Waals surface area contributed by atoms with E-state index in [1.165, 1.54) is 0 Å². The van der Waals surface area contributed by atoms with Crippen molar-refractivity contribution < 1.29 is 9.21 Å². The zero-order valence-electron chi connectivity index (χ0n) is 7.89. The predicted octanol–water partition coefficient (Wildman–Crippen LogP) is 1.20. The van der Waals surface area contributed by atoms with Gasteiger partial charge in [0.25, 0.3) is 0 Å². The van der Waals surface area contributed by atoms with Crippen molar-refractivity contribution in [2.75, 3.05) is 0 Å². The maximum absolute atomic E-state index is 10.5. The Hall–Kier alpha value is -1.91. The van der Waals surface area contributed by atoms with Gasteiger partial charge in [-0.3, -0.25) is 9.48 Å². The van der Waals surface area contributed by atoms with Crippen molar-refractivity contribution >= 4 is 6.29 Å². The largest absolute Gasteiger partial charge is 0.432 e. The monoisotopic (exact) mass is 191 g/mol. The molecule has 14 heavy (non-hydrogen) atoms. The van der Waals surface area contributed by atoms with E-state index in [1.807, 2.05) is 0 Å². The second kappa shape index (κ2) is 3.10. The van der Waals surface area contributed by atoms with E-state index >= 15 is 0 Å². The van der Waals surface area contributed by atoms with Crippen molar-refractivity contribution in [3.63, 3.8) is 0 Å². The number of oxazole rings is 1. The first-order valence-corrected chi connectivity index (χ1v) is 4.13. The molecule has 0 unspecified atom stereocenters. The lowest BCUT2D eigenvalue weighted by Gasteiger charge is -1.86. The van der Waals surface area contributed by atoms with Crippen molar-refractivity contribution in [1.82, 2.24) is 14.8 Å². The van der Waals surface area contributed by atoms with Crippen LogP contribution in [0.3, 0.4) is 0 Å². The highest BCUT2D eigenvalue weighted by molar-refractivity contribution is 5.73. The van der Waals surface area contributed by atoms with E-state index in [9.17, 15) is 4.79 Å². The normalized spacial score (nSPS) is 10.4. The third-order valence-corrected chi connectivity index (χ3v) is 1.87. The average Bonchev–Trinajstić information content (AvgIpc) is 2.71. The molecule has 0 saturated carbocycles. The molecule has 0 fully saturated rings. The van der Waals surface area contributed by atoms with Crippen molar-refractivity contribution in [3.05, 3.63) is 23.7 Å². The predicted molar refractivity (Wildman–Crippen MR) is 48.8 cm³/mol. The maximum atomic E-state index is 10.5. The van der Waals surface area contributed by atoms with Crippen molar-refractivity contribution in [2.45, 2.75) is 6.92 Å². The summed E-state index contributed by atoms with van der Waals surface area (Å²) in [6, 6.07) is 1.78. The fourth-order valence-electron chi connectivity index (χ4n) is 1.16. The number of aromatic nitrogens is 3. The highest BCUT2D eigenvalue weighted by Gasteiger charge is 2.12. The van der Waals surface area contributed by atoms with Crippen LogP contribution in [0.15, 0.2) is 16.7 Å². The first-order valence-electron chi connectivity index (χ1n) is 4.13. The molecule has 0 amide bonds. The molecule has 2 aromatic heterocycles. The Balaban J connectivity index is 2.47. The Morgan fingerprint density at radius 3 is 2.86 bits per heavy atom. The topological polar surface area (TPSA) is 60.9 Å². The van der Waals surface area contributed by atoms with E-state index in [2.05, 4.69) is 10.1 Å². The van der Waals surface area contributed by atoms with Gasteiger partial charge in [-0.15, -0.1) is 0 Å². The summed E-state index contributed by atoms with van der Waals surface area (Å²) in [6.45, 7) is 1.72. The number of nitrogens with zero attached hydrogens (tertiary/aromatic N) is 3. The van der Waals surface area contributed by atoms with Gasteiger partial charge in [-0.05, 0) is 13.0 Å². The van der Waals surface area contributed by atoms with Crippen LogP contribution in [0, 0.1) is 6.92 Å². The summed E-state index contributed by atoms with van der Waals surface area (Å²) in [5.41, 5.74) is 1.21. The number of carbonyl (C=O) groups excluding carboxylic acids is 1. The van der Waals surface area contributed by atoms with Gasteiger partial charge in [0.1, 0.15) is 5.69 Å². The Bertz CT molecular complexity index is 470. The van der Waals surface area contributed by atoms with Crippen LogP contribution in [0.1, 0.15) is 16.2 Å². The number of hydrogen-bond donors (Lipinski definition) is 0. The lowest BCUT2D eigenvalue weighted by Crippen LogP contribution is -1.87. The van der Waals surface area contributed by atoms with Gasteiger partial charge in [-0.2, -0.15) is 5.10 Å². The van der Waals surface area contributed by atoms with Crippen LogP contribution in [0.2, 0.25) is 0 Å². The van der Waals surface area contributed by atoms with Gasteiger partial charge in [0.15, 0.2) is 12.0 Å². The van der Waals surface area contributed by atoms with Gasteiger partial charge < -0.3 is 4.42 Å². The van der Waals surface area contributed by atoms with Crippen LogP contribution in [-0.4, -0.2) is 21.1 Å². The van der Waals surface area contributed by atoms with Gasteiger partial charge in [0, 0.05) is 13.2 Å². The number of rotatable bonds is 2. The number of aryl methyl sites for hydroxylation is 2. The first-order chi connectivity index (χ1) is 6.70. The average molecular weight is 191 g/mol. The van der Waals surface area contributed by atoms with Gasteiger partial charge in [0.2, 0.25) is 5.89 Å². The summed E-state index contributed by atoms with van der Waals surface area (Å²) >= 11 is 0. The third-order valence-electron chi connectivity index (χ3n) is 1.87. The van der Waals surface area contributed by atoms with Crippen LogP contribution in [0.4, 0.5) is 0 Å². The fourth-order valence-corrected chi connectivity index (χ4v) is 1.16. The molecule has 5 heteroatoms. The Labute approximate surface area is 80.4 Å². The van der Waals surface area contributed by atoms with Gasteiger partial charge in [-0.25, -0.2) is 4.98 Å². The highest BCUT2D eigenvalue weighted by Crippen LogP contribution is 2.18. The lowest BCUT2D eigenvalue weighted by atomic mass is 10.4. The van der Waals surface area contributed by atoms with Crippen LogP contribution in [-0.2, 0) is 7.05 Å². The molecule has 2 rings (SSSR count). The molecule has 0 aromatic carbocycles. The second-order valence-electron chi connectivity index (χ2n) is 2.96. The van der Waals surface area contributed by atoms with Crippen LogP contribution in [0.25, 0.3) is 11.6 Å². The fraction of sp³-hybridized carbons (Fsp3) is 0.222. The minimum Gasteiger partial charge on any atom is -0.432 e. The summed E-state index contributed by atoms with van der Waals surface area (Å²) in [5.74, 6) is 0.635. The number of aldehydes is 1. The molecule has 0 spiro atoms. The maximum Gasteiger partial charge on any atom is 0.247 e. The standard InChI is InChI=1S/C9H9N3O2/c1-6-8(5-13)14-9(10-6)7-3-4-12(2)11-7/h3-5H,1-2H3. The summed E-state index contributed by atoms with van der Waals surface area (Å²) in [4.78, 5) is 14.6. The number of hydrogen-bond acceptors (Lipinski definition) is 4. The minimum absolute atomic E-state index is 0.255. The van der Waals surface area contributed by atoms with Gasteiger partial charge >= 0.3 is 0 Å². The molecule has 5 nitrogen and oxygen atoms in total. The van der Waals surface area contributed by atoms with Gasteiger partial charge in [0.05, 0.1) is 5.69 Å². The molecular weight excluding hydrogens is 182 g/mol. The summed E-state index contributed by atoms with van der Waals surface area (Å²) in [7, 11) is 1.81. The van der Waals surface area contributed by atoms with Crippen LogP contribution < -0.4 is 0 Å². The van der Waals surface area contributed by atoms with Crippen molar-refractivity contribution in [2.24, 2.45) is 7.05 Å². The molecule has 0 aliphatic carbocycles. The highest BCUT2D eigenvalue weighted by atomic mass is 16.4. The molecule has 0 saturated heterocycles. The van der Waals surface area contributed by atoms with E-state index in [0.29, 0.717) is 23.6 Å². The Kier molecular flexibility index (Phi) is 1.92. The molecule has 2 aromatic rings. The van der Waals surface area contributed by atoms with Gasteiger partial charge in [-0.1, -0.05) is 0 Å². The summed E-state index contributed by atoms with van der Waals surface area (Å²) in [6.07, 6.45) is 2.43. The second-order valence-corrected chi connectivity index (χ2v) is 2.96. The van der Waals surface area contributed by atoms with E-state index < -0.39 is 0 Å². The van der Waals surface area contributed by atoms with E-state index in [4.69, 9.17) is 4.42 Å². The zero-order chi connectivity index (χ0) is 10.1. The van der Waals surface area contributed by atoms with Crippen molar-refractivity contribution in [3.8, 4) is 11.6 Å². The molecule has 0 atom stereocenters. The number of carbonyl (C=O) groups is 1. The molecular formula is C9H9N3O2. The molecule has 0 aliphatic heterocycles. The molecule has 2 heterocycles. The SMILES string of the molecule is Cc1nc(-c2ccn(C)n2)oc1C=O. The van der Waals surface area contributed by atoms with E-state index in [-0.39, 0.29) is 5.76 Å². The zero-order valence-corrected chi connectivity index (χ0v) is 7.89. The van der Waals surface area contributed by atoms with E-state index in [0.717, 1.165) is 0 Å². The smallest absolute Gasteiger partial charge is 0.247 e. The summed E-state index contributed by atoms with van der Waals surface area (Å²) < 4.78 is 6.86. The minimum atomic E-state index is 0.255. The van der Waals surface area contributed by atoms with Crippen molar-refractivity contribution in [1.29, 1.82) is 0 Å². The molecule has 0 radical (unpaired) electrons.